The summed E-state index contributed by atoms with van der Waals surface area (Å²) in [6.45, 7) is 0. The SMILES string of the molecule is [GeH2+2].[GeH2+2].[GeH2+2].[GeH2+2].[GeH2+2].[GeH2+2].[O-]B([O-])[O-].[O-]B([O-])[O-].[O-]B([O-])[O-].[O-]B([O-])[O-]. The van der Waals surface area contributed by atoms with Crippen LogP contribution in [-0.2, 0) is 0 Å². The summed E-state index contributed by atoms with van der Waals surface area (Å²) in [7, 11) is -11.7. The minimum Gasteiger partial charge on any atom is -0.907 e. The quantitative estimate of drug-likeness (QED) is 0.215. The maximum Gasteiger partial charge on any atom is -0.278 e. The number of hydrogen-bond donors (Lipinski definition) is 0. The van der Waals surface area contributed by atoms with Gasteiger partial charge in [-0.25, -0.2) is 0 Å². The van der Waals surface area contributed by atoms with Crippen molar-refractivity contribution in [2.75, 3.05) is 0 Å². The molecule has 0 rings (SSSR count). The van der Waals surface area contributed by atoms with Crippen LogP contribution >= 0.6 is 0 Å². The van der Waals surface area contributed by atoms with Gasteiger partial charge in [0.15, 0.2) is 0 Å². The normalized spacial score (nSPS) is 4.91. The second-order valence-corrected chi connectivity index (χ2v) is 1.15. The number of rotatable bonds is 0. The van der Waals surface area contributed by atoms with Gasteiger partial charge >= 0.3 is 106 Å². The van der Waals surface area contributed by atoms with E-state index in [4.69, 9.17) is 60.3 Å². The molecule has 0 saturated carbocycles. The molecule has 0 spiro atoms. The molecule has 0 heterocycles. The monoisotopic (exact) mass is 692 g/mol. The Hall–Kier alpha value is 3.04. The predicted octanol–water partition coefficient (Wildman–Crippen LogP) is -21.3. The first-order valence-electron chi connectivity index (χ1n) is 2.83. The van der Waals surface area contributed by atoms with Crippen molar-refractivity contribution in [3.8, 4) is 0 Å². The van der Waals surface area contributed by atoms with E-state index in [2.05, 4.69) is 0 Å². The maximum absolute atomic E-state index is 8.42. The average Bonchev–Trinajstić information content (AvgIpc) is 1.76. The van der Waals surface area contributed by atoms with E-state index < -0.39 is 29.3 Å². The fourth-order valence-electron chi connectivity index (χ4n) is 0. The Morgan fingerprint density at radius 1 is 0.227 bits per heavy atom. The van der Waals surface area contributed by atoms with E-state index in [0.717, 1.165) is 0 Å². The summed E-state index contributed by atoms with van der Waals surface area (Å²) in [5.74, 6) is 0. The van der Waals surface area contributed by atoms with Gasteiger partial charge in [-0.3, -0.25) is 29.3 Å². The standard InChI is InChI=1S/4BO3.6GeH2/c4*2-1(3)4;;;;;;/h;;;;6*1H2/q4*-3;6*+2. The molecular weight excluding hydrogens is 671 g/mol. The van der Waals surface area contributed by atoms with Crippen molar-refractivity contribution >= 4 is 135 Å². The summed E-state index contributed by atoms with van der Waals surface area (Å²) in [5.41, 5.74) is 0. The third-order valence-electron chi connectivity index (χ3n) is 0. The van der Waals surface area contributed by atoms with Gasteiger partial charge in [-0.1, -0.05) is 0 Å². The molecule has 0 aliphatic rings. The molecule has 0 fully saturated rings. The van der Waals surface area contributed by atoms with E-state index in [1.165, 1.54) is 0 Å². The summed E-state index contributed by atoms with van der Waals surface area (Å²) < 4.78 is 0. The first kappa shape index (κ1) is 64.0. The van der Waals surface area contributed by atoms with Crippen molar-refractivity contribution in [1.82, 2.24) is 0 Å². The van der Waals surface area contributed by atoms with Gasteiger partial charge in [0.05, 0.1) is 0 Å². The van der Waals surface area contributed by atoms with E-state index in [0.29, 0.717) is 0 Å². The van der Waals surface area contributed by atoms with Crippen molar-refractivity contribution in [1.29, 1.82) is 0 Å². The summed E-state index contributed by atoms with van der Waals surface area (Å²) in [6.07, 6.45) is 0. The molecule has 0 bridgehead atoms. The minimum absolute atomic E-state index is 0. The van der Waals surface area contributed by atoms with E-state index >= 15 is 0 Å². The molecule has 0 radical (unpaired) electrons. The Kier molecular flexibility index (Phi) is 164. The van der Waals surface area contributed by atoms with E-state index in [-0.39, 0.29) is 106 Å². The van der Waals surface area contributed by atoms with Crippen molar-refractivity contribution in [3.05, 3.63) is 0 Å². The third kappa shape index (κ3) is 1210. The molecule has 0 aliphatic carbocycles. The molecule has 0 saturated heterocycles. The third-order valence-corrected chi connectivity index (χ3v) is 0. The molecule has 0 aromatic heterocycles. The molecule has 12 nitrogen and oxygen atoms in total. The molecule has 0 amide bonds. The molecule has 120 valence electrons. The average molecular weight is 683 g/mol. The molecule has 22 heavy (non-hydrogen) atoms. The van der Waals surface area contributed by atoms with Crippen LogP contribution in [0.3, 0.4) is 0 Å². The zero-order valence-corrected chi connectivity index (χ0v) is 29.3. The Morgan fingerprint density at radius 3 is 0.227 bits per heavy atom. The number of hydrogen-bond acceptors (Lipinski definition) is 12. The molecule has 0 aromatic rings. The van der Waals surface area contributed by atoms with Crippen LogP contribution in [0.5, 0.6) is 0 Å². The molecule has 0 aliphatic heterocycles. The van der Waals surface area contributed by atoms with Gasteiger partial charge in [-0.2, -0.15) is 0 Å². The predicted molar refractivity (Wildman–Crippen MR) is 74.3 cm³/mol. The molecule has 0 N–H and O–H groups in total. The van der Waals surface area contributed by atoms with Crippen LogP contribution in [0.4, 0.5) is 0 Å². The van der Waals surface area contributed by atoms with Crippen LogP contribution in [0.25, 0.3) is 0 Å². The summed E-state index contributed by atoms with van der Waals surface area (Å²) in [5, 5.41) is 101. The minimum atomic E-state index is -2.92. The van der Waals surface area contributed by atoms with Gasteiger partial charge in [0, 0.05) is 0 Å². The molecule has 22 heteroatoms. The fraction of sp³-hybridized carbons (Fsp3) is 0. The van der Waals surface area contributed by atoms with Crippen LogP contribution in [0.2, 0.25) is 0 Å². The van der Waals surface area contributed by atoms with Crippen molar-refractivity contribution < 1.29 is 60.3 Å². The molecule has 0 aromatic carbocycles. The van der Waals surface area contributed by atoms with E-state index in [1.54, 1.807) is 0 Å². The van der Waals surface area contributed by atoms with Crippen LogP contribution in [0.15, 0.2) is 0 Å². The maximum atomic E-state index is 8.42. The van der Waals surface area contributed by atoms with Crippen LogP contribution in [0, 0.1) is 0 Å². The smallest absolute Gasteiger partial charge is 0.278 e. The summed E-state index contributed by atoms with van der Waals surface area (Å²) >= 11 is 0. The van der Waals surface area contributed by atoms with Gasteiger partial charge in [-0.15, -0.1) is 0 Å². The van der Waals surface area contributed by atoms with Crippen molar-refractivity contribution in [3.63, 3.8) is 0 Å². The van der Waals surface area contributed by atoms with Gasteiger partial charge < -0.3 is 60.3 Å². The Bertz CT molecular complexity index is 74.6. The topological polar surface area (TPSA) is 277 Å². The van der Waals surface area contributed by atoms with Gasteiger partial charge in [0.2, 0.25) is 0 Å². The second kappa shape index (κ2) is 56.4. The van der Waals surface area contributed by atoms with Crippen molar-refractivity contribution in [2.45, 2.75) is 0 Å². The summed E-state index contributed by atoms with van der Waals surface area (Å²) in [4.78, 5) is 0. The van der Waals surface area contributed by atoms with E-state index in [1.807, 2.05) is 0 Å². The molecule has 0 atom stereocenters. The van der Waals surface area contributed by atoms with Crippen LogP contribution < -0.4 is 60.3 Å². The largest absolute Gasteiger partial charge is 0.907 e. The molecule has 0 unspecified atom stereocenters. The van der Waals surface area contributed by atoms with Gasteiger partial charge in [-0.05, 0) is 0 Å². The van der Waals surface area contributed by atoms with Crippen LogP contribution in [0.1, 0.15) is 0 Å². The van der Waals surface area contributed by atoms with Crippen LogP contribution in [-0.4, -0.2) is 135 Å². The first-order chi connectivity index (χ1) is 6.93. The van der Waals surface area contributed by atoms with E-state index in [9.17, 15) is 0 Å². The Labute approximate surface area is 193 Å². The second-order valence-electron chi connectivity index (χ2n) is 1.15. The Balaban J connectivity index is -0.00000001000. The zero-order valence-electron chi connectivity index (χ0n) is 11.5. The molecular formula is H12B4Ge6O12. The summed E-state index contributed by atoms with van der Waals surface area (Å²) in [6, 6.07) is 0. The fourth-order valence-corrected chi connectivity index (χ4v) is 0. The van der Waals surface area contributed by atoms with Gasteiger partial charge in [0.25, 0.3) is 0 Å². The first-order valence-corrected chi connectivity index (χ1v) is 2.83. The van der Waals surface area contributed by atoms with Gasteiger partial charge in [0.1, 0.15) is 0 Å². The Morgan fingerprint density at radius 2 is 0.227 bits per heavy atom. The zero-order chi connectivity index (χ0) is 14.3. The van der Waals surface area contributed by atoms with Crippen molar-refractivity contribution in [2.24, 2.45) is 0 Å².